The highest BCUT2D eigenvalue weighted by atomic mass is 19.4. The summed E-state index contributed by atoms with van der Waals surface area (Å²) in [5.41, 5.74) is 0.246. The average Bonchev–Trinajstić information content (AvgIpc) is 2.86. The van der Waals surface area contributed by atoms with Gasteiger partial charge in [-0.15, -0.1) is 0 Å². The topological polar surface area (TPSA) is 17.8 Å². The lowest BCUT2D eigenvalue weighted by Crippen LogP contribution is -2.09. The van der Waals surface area contributed by atoms with Gasteiger partial charge in [0.1, 0.15) is 0 Å². The normalized spacial score (nSPS) is 10.8. The number of aromatic nitrogens is 2. The molecule has 1 heterocycles. The van der Waals surface area contributed by atoms with E-state index >= 15 is 0 Å². The summed E-state index contributed by atoms with van der Waals surface area (Å²) < 4.78 is 39.6. The number of rotatable bonds is 2. The van der Waals surface area contributed by atoms with E-state index in [9.17, 15) is 13.2 Å². The maximum Gasteiger partial charge on any atom is 0.416 e. The van der Waals surface area contributed by atoms with Crippen LogP contribution in [0.5, 0.6) is 0 Å². The van der Waals surface area contributed by atoms with Gasteiger partial charge in [-0.1, -0.05) is 26.0 Å². The summed E-state index contributed by atoms with van der Waals surface area (Å²) in [6, 6.07) is 6.09. The van der Waals surface area contributed by atoms with Gasteiger partial charge in [-0.05, 0) is 30.2 Å². The predicted molar refractivity (Wildman–Crippen MR) is 68.9 cm³/mol. The van der Waals surface area contributed by atoms with Crippen LogP contribution < -0.4 is 0 Å². The summed E-state index contributed by atoms with van der Waals surface area (Å²) in [4.78, 5) is 0. The van der Waals surface area contributed by atoms with Crippen molar-refractivity contribution in [2.75, 3.05) is 0 Å². The Morgan fingerprint density at radius 3 is 2.42 bits per heavy atom. The highest BCUT2D eigenvalue weighted by Crippen LogP contribution is 2.32. The van der Waals surface area contributed by atoms with Crippen LogP contribution in [-0.2, 0) is 12.7 Å². The molecule has 2 aromatic rings. The zero-order chi connectivity index (χ0) is 14.5. The largest absolute Gasteiger partial charge is 0.416 e. The van der Waals surface area contributed by atoms with Crippen molar-refractivity contribution in [3.05, 3.63) is 53.3 Å². The van der Waals surface area contributed by atoms with E-state index in [2.05, 4.69) is 5.10 Å². The smallest absolute Gasteiger partial charge is 0.268 e. The van der Waals surface area contributed by atoms with E-state index in [0.29, 0.717) is 12.1 Å². The van der Waals surface area contributed by atoms with Gasteiger partial charge >= 0.3 is 6.18 Å². The van der Waals surface area contributed by atoms with E-state index in [1.54, 1.807) is 29.2 Å². The number of halogens is 3. The van der Waals surface area contributed by atoms with Crippen LogP contribution in [0.3, 0.4) is 0 Å². The standard InChI is InChI=1S/C12H11F3N2.C2H6/c1-9-3-4-10(7-11(9)12(13,14)15)8-17-6-2-5-16-17;1-2/h2-7H,8H2,1H3;1-2H3. The fourth-order valence-electron chi connectivity index (χ4n) is 1.65. The van der Waals surface area contributed by atoms with Gasteiger partial charge in [-0.2, -0.15) is 18.3 Å². The highest BCUT2D eigenvalue weighted by Gasteiger charge is 2.32. The van der Waals surface area contributed by atoms with Gasteiger partial charge in [-0.3, -0.25) is 4.68 Å². The number of hydrogen-bond acceptors (Lipinski definition) is 1. The van der Waals surface area contributed by atoms with E-state index in [0.717, 1.165) is 0 Å². The van der Waals surface area contributed by atoms with E-state index in [4.69, 9.17) is 0 Å². The van der Waals surface area contributed by atoms with Crippen LogP contribution in [0.4, 0.5) is 13.2 Å². The van der Waals surface area contributed by atoms with Crippen LogP contribution in [0.15, 0.2) is 36.7 Å². The van der Waals surface area contributed by atoms with Crippen molar-refractivity contribution in [3.8, 4) is 0 Å². The lowest BCUT2D eigenvalue weighted by Gasteiger charge is -2.12. The van der Waals surface area contributed by atoms with E-state index < -0.39 is 11.7 Å². The Morgan fingerprint density at radius 1 is 1.21 bits per heavy atom. The first-order valence-electron chi connectivity index (χ1n) is 6.11. The molecule has 0 bridgehead atoms. The Balaban J connectivity index is 0.000000861. The van der Waals surface area contributed by atoms with Crippen LogP contribution in [0.1, 0.15) is 30.5 Å². The molecular weight excluding hydrogens is 253 g/mol. The molecular formula is C14H17F3N2. The van der Waals surface area contributed by atoms with Crippen molar-refractivity contribution in [2.24, 2.45) is 0 Å². The van der Waals surface area contributed by atoms with Crippen LogP contribution in [0.2, 0.25) is 0 Å². The maximum atomic E-state index is 12.7. The molecule has 0 atom stereocenters. The quantitative estimate of drug-likeness (QED) is 0.796. The van der Waals surface area contributed by atoms with Gasteiger partial charge in [-0.25, -0.2) is 0 Å². The molecule has 0 saturated carbocycles. The van der Waals surface area contributed by atoms with Crippen molar-refractivity contribution in [1.82, 2.24) is 9.78 Å². The van der Waals surface area contributed by atoms with E-state index in [1.165, 1.54) is 19.1 Å². The molecule has 0 fully saturated rings. The second-order valence-corrected chi connectivity index (χ2v) is 3.85. The summed E-state index contributed by atoms with van der Waals surface area (Å²) in [7, 11) is 0. The van der Waals surface area contributed by atoms with E-state index in [1.807, 2.05) is 13.8 Å². The second-order valence-electron chi connectivity index (χ2n) is 3.85. The number of benzene rings is 1. The average molecular weight is 270 g/mol. The minimum Gasteiger partial charge on any atom is -0.268 e. The summed E-state index contributed by atoms with van der Waals surface area (Å²) in [5.74, 6) is 0. The molecule has 0 aliphatic heterocycles. The summed E-state index contributed by atoms with van der Waals surface area (Å²) in [5, 5.41) is 3.96. The molecule has 2 nitrogen and oxygen atoms in total. The minimum absolute atomic E-state index is 0.238. The number of nitrogens with zero attached hydrogens (tertiary/aromatic N) is 2. The van der Waals surface area contributed by atoms with Crippen LogP contribution in [-0.4, -0.2) is 9.78 Å². The van der Waals surface area contributed by atoms with Gasteiger partial charge in [0.25, 0.3) is 0 Å². The number of alkyl halides is 3. The lowest BCUT2D eigenvalue weighted by atomic mass is 10.0. The summed E-state index contributed by atoms with van der Waals surface area (Å²) in [6.07, 6.45) is -0.990. The summed E-state index contributed by atoms with van der Waals surface area (Å²) >= 11 is 0. The SMILES string of the molecule is CC.Cc1ccc(Cn2cccn2)cc1C(F)(F)F. The van der Waals surface area contributed by atoms with Crippen molar-refractivity contribution < 1.29 is 13.2 Å². The minimum atomic E-state index is -4.30. The number of aryl methyl sites for hydroxylation is 1. The molecule has 104 valence electrons. The fourth-order valence-corrected chi connectivity index (χ4v) is 1.65. The first-order valence-corrected chi connectivity index (χ1v) is 6.11. The van der Waals surface area contributed by atoms with Gasteiger partial charge in [0.2, 0.25) is 0 Å². The third-order valence-electron chi connectivity index (χ3n) is 2.51. The molecule has 0 radical (unpaired) electrons. The molecule has 19 heavy (non-hydrogen) atoms. The number of hydrogen-bond donors (Lipinski definition) is 0. The van der Waals surface area contributed by atoms with Gasteiger partial charge < -0.3 is 0 Å². The van der Waals surface area contributed by atoms with Gasteiger partial charge in [0, 0.05) is 12.4 Å². The highest BCUT2D eigenvalue weighted by molar-refractivity contribution is 5.33. The Hall–Kier alpha value is -1.78. The molecule has 0 saturated heterocycles. The van der Waals surface area contributed by atoms with Gasteiger partial charge in [0.05, 0.1) is 12.1 Å². The molecule has 0 amide bonds. The molecule has 5 heteroatoms. The molecule has 0 unspecified atom stereocenters. The Bertz CT molecular complexity index is 502. The zero-order valence-electron chi connectivity index (χ0n) is 11.2. The molecule has 1 aromatic carbocycles. The molecule has 2 rings (SSSR count). The molecule has 0 spiro atoms. The first-order chi connectivity index (χ1) is 8.97. The second kappa shape index (κ2) is 6.41. The third-order valence-corrected chi connectivity index (χ3v) is 2.51. The van der Waals surface area contributed by atoms with Crippen molar-refractivity contribution in [3.63, 3.8) is 0 Å². The molecule has 0 aliphatic rings. The van der Waals surface area contributed by atoms with E-state index in [-0.39, 0.29) is 5.56 Å². The van der Waals surface area contributed by atoms with Crippen LogP contribution in [0.25, 0.3) is 0 Å². The zero-order valence-corrected chi connectivity index (χ0v) is 11.2. The Morgan fingerprint density at radius 2 is 1.89 bits per heavy atom. The van der Waals surface area contributed by atoms with Crippen molar-refractivity contribution in [2.45, 2.75) is 33.5 Å². The Kier molecular flexibility index (Phi) is 5.15. The Labute approximate surface area is 110 Å². The van der Waals surface area contributed by atoms with Gasteiger partial charge in [0.15, 0.2) is 0 Å². The molecule has 0 aliphatic carbocycles. The fraction of sp³-hybridized carbons (Fsp3) is 0.357. The van der Waals surface area contributed by atoms with Crippen LogP contribution >= 0.6 is 0 Å². The van der Waals surface area contributed by atoms with Crippen molar-refractivity contribution in [1.29, 1.82) is 0 Å². The predicted octanol–water partition coefficient (Wildman–Crippen LogP) is 4.28. The third kappa shape index (κ3) is 4.12. The summed E-state index contributed by atoms with van der Waals surface area (Å²) in [6.45, 7) is 5.80. The van der Waals surface area contributed by atoms with Crippen molar-refractivity contribution >= 4 is 0 Å². The molecule has 1 aromatic heterocycles. The monoisotopic (exact) mass is 270 g/mol. The first kappa shape index (κ1) is 15.3. The lowest BCUT2D eigenvalue weighted by molar-refractivity contribution is -0.138. The maximum absolute atomic E-state index is 12.7. The molecule has 0 N–H and O–H groups in total. The van der Waals surface area contributed by atoms with Crippen LogP contribution in [0, 0.1) is 6.92 Å².